The SMILES string of the molecule is Cc1[nH]nc(NC(=O)[C@@H](N)Cc2ccccc2)c1C. The maximum Gasteiger partial charge on any atom is 0.242 e. The first-order valence-electron chi connectivity index (χ1n) is 6.20. The predicted octanol–water partition coefficient (Wildman–Crippen LogP) is 1.54. The van der Waals surface area contributed by atoms with E-state index in [1.54, 1.807) is 0 Å². The van der Waals surface area contributed by atoms with Gasteiger partial charge in [-0.2, -0.15) is 5.10 Å². The normalized spacial score (nSPS) is 12.2. The molecule has 0 saturated carbocycles. The molecule has 0 aliphatic carbocycles. The van der Waals surface area contributed by atoms with Gasteiger partial charge in [0.25, 0.3) is 0 Å². The van der Waals surface area contributed by atoms with Crippen LogP contribution in [0.2, 0.25) is 0 Å². The van der Waals surface area contributed by atoms with Crippen molar-refractivity contribution in [2.45, 2.75) is 26.3 Å². The number of H-pyrrole nitrogens is 1. The summed E-state index contributed by atoms with van der Waals surface area (Å²) in [6.07, 6.45) is 0.509. The number of nitrogens with two attached hydrogens (primary N) is 1. The molecular weight excluding hydrogens is 240 g/mol. The molecule has 0 spiro atoms. The van der Waals surface area contributed by atoms with E-state index in [0.29, 0.717) is 12.2 Å². The lowest BCUT2D eigenvalue weighted by molar-refractivity contribution is -0.117. The molecule has 4 N–H and O–H groups in total. The lowest BCUT2D eigenvalue weighted by atomic mass is 10.1. The maximum atomic E-state index is 12.0. The molecule has 1 amide bonds. The topological polar surface area (TPSA) is 83.8 Å². The molecular formula is C14H18N4O. The van der Waals surface area contributed by atoms with Gasteiger partial charge in [0, 0.05) is 11.3 Å². The second-order valence-corrected chi connectivity index (χ2v) is 4.61. The number of aromatic amines is 1. The molecule has 19 heavy (non-hydrogen) atoms. The van der Waals surface area contributed by atoms with Crippen LogP contribution in [-0.2, 0) is 11.2 Å². The Morgan fingerprint density at radius 3 is 2.63 bits per heavy atom. The highest BCUT2D eigenvalue weighted by atomic mass is 16.2. The summed E-state index contributed by atoms with van der Waals surface area (Å²) < 4.78 is 0. The first-order chi connectivity index (χ1) is 9.08. The van der Waals surface area contributed by atoms with Gasteiger partial charge < -0.3 is 11.1 Å². The maximum absolute atomic E-state index is 12.0. The van der Waals surface area contributed by atoms with Crippen LogP contribution in [0.25, 0.3) is 0 Å². The van der Waals surface area contributed by atoms with E-state index in [9.17, 15) is 4.79 Å². The Morgan fingerprint density at radius 1 is 1.37 bits per heavy atom. The van der Waals surface area contributed by atoms with E-state index in [0.717, 1.165) is 16.8 Å². The Hall–Kier alpha value is -2.14. The van der Waals surface area contributed by atoms with Gasteiger partial charge in [-0.25, -0.2) is 0 Å². The van der Waals surface area contributed by atoms with E-state index < -0.39 is 6.04 Å². The minimum atomic E-state index is -0.584. The van der Waals surface area contributed by atoms with Crippen molar-refractivity contribution in [2.75, 3.05) is 5.32 Å². The summed E-state index contributed by atoms with van der Waals surface area (Å²) in [5.74, 6) is 0.324. The van der Waals surface area contributed by atoms with Gasteiger partial charge >= 0.3 is 0 Å². The fraction of sp³-hybridized carbons (Fsp3) is 0.286. The molecule has 1 aromatic carbocycles. The molecule has 0 aliphatic heterocycles. The number of carbonyl (C=O) groups excluding carboxylic acids is 1. The monoisotopic (exact) mass is 258 g/mol. The van der Waals surface area contributed by atoms with Gasteiger partial charge in [-0.15, -0.1) is 0 Å². The fourth-order valence-electron chi connectivity index (χ4n) is 1.78. The lowest BCUT2D eigenvalue weighted by Gasteiger charge is -2.11. The van der Waals surface area contributed by atoms with E-state index in [1.807, 2.05) is 44.2 Å². The minimum absolute atomic E-state index is 0.224. The summed E-state index contributed by atoms with van der Waals surface area (Å²) in [5.41, 5.74) is 8.81. The second kappa shape index (κ2) is 5.67. The zero-order valence-corrected chi connectivity index (χ0v) is 11.1. The van der Waals surface area contributed by atoms with Crippen molar-refractivity contribution >= 4 is 11.7 Å². The fourth-order valence-corrected chi connectivity index (χ4v) is 1.78. The number of hydrogen-bond acceptors (Lipinski definition) is 3. The first-order valence-corrected chi connectivity index (χ1v) is 6.20. The quantitative estimate of drug-likeness (QED) is 0.777. The number of carbonyl (C=O) groups is 1. The molecule has 1 heterocycles. The number of benzene rings is 1. The molecule has 0 fully saturated rings. The molecule has 5 heteroatoms. The molecule has 1 atom stereocenters. The average Bonchev–Trinajstić information content (AvgIpc) is 2.72. The summed E-state index contributed by atoms with van der Waals surface area (Å²) in [6, 6.07) is 9.13. The lowest BCUT2D eigenvalue weighted by Crippen LogP contribution is -2.37. The molecule has 0 saturated heterocycles. The van der Waals surface area contributed by atoms with Gasteiger partial charge in [0.1, 0.15) is 0 Å². The van der Waals surface area contributed by atoms with Crippen LogP contribution >= 0.6 is 0 Å². The third-order valence-corrected chi connectivity index (χ3v) is 3.13. The van der Waals surface area contributed by atoms with E-state index in [1.165, 1.54) is 0 Å². The Kier molecular flexibility index (Phi) is 3.97. The summed E-state index contributed by atoms with van der Waals surface area (Å²) in [5, 5.41) is 9.60. The molecule has 0 unspecified atom stereocenters. The van der Waals surface area contributed by atoms with Crippen LogP contribution in [-0.4, -0.2) is 22.1 Å². The molecule has 5 nitrogen and oxygen atoms in total. The van der Waals surface area contributed by atoms with E-state index in [-0.39, 0.29) is 5.91 Å². The second-order valence-electron chi connectivity index (χ2n) is 4.61. The number of anilines is 1. The molecule has 1 aromatic heterocycles. The summed E-state index contributed by atoms with van der Waals surface area (Å²) in [6.45, 7) is 3.80. The largest absolute Gasteiger partial charge is 0.320 e. The van der Waals surface area contributed by atoms with Crippen molar-refractivity contribution in [3.8, 4) is 0 Å². The van der Waals surface area contributed by atoms with Crippen LogP contribution in [0.1, 0.15) is 16.8 Å². The summed E-state index contributed by atoms with van der Waals surface area (Å²) >= 11 is 0. The number of hydrogen-bond donors (Lipinski definition) is 3. The van der Waals surface area contributed by atoms with Gasteiger partial charge in [0.15, 0.2) is 5.82 Å². The van der Waals surface area contributed by atoms with Crippen LogP contribution in [0.5, 0.6) is 0 Å². The van der Waals surface area contributed by atoms with Crippen LogP contribution in [0.3, 0.4) is 0 Å². The zero-order valence-electron chi connectivity index (χ0n) is 11.1. The highest BCUT2D eigenvalue weighted by molar-refractivity contribution is 5.94. The van der Waals surface area contributed by atoms with Crippen molar-refractivity contribution in [1.29, 1.82) is 0 Å². The van der Waals surface area contributed by atoms with Gasteiger partial charge in [-0.3, -0.25) is 9.89 Å². The Labute approximate surface area is 112 Å². The smallest absolute Gasteiger partial charge is 0.242 e. The standard InChI is InChI=1S/C14H18N4O/c1-9-10(2)17-18-13(9)16-14(19)12(15)8-11-6-4-3-5-7-11/h3-7,12H,8,15H2,1-2H3,(H2,16,17,18,19)/t12-/m0/s1. The first kappa shape index (κ1) is 13.3. The number of aromatic nitrogens is 2. The van der Waals surface area contributed by atoms with Gasteiger partial charge in [-0.1, -0.05) is 30.3 Å². The molecule has 2 aromatic rings. The number of amides is 1. The Morgan fingerprint density at radius 2 is 2.05 bits per heavy atom. The molecule has 0 bridgehead atoms. The van der Waals surface area contributed by atoms with Crippen LogP contribution in [0.4, 0.5) is 5.82 Å². The van der Waals surface area contributed by atoms with Crippen molar-refractivity contribution in [3.05, 3.63) is 47.2 Å². The van der Waals surface area contributed by atoms with E-state index in [2.05, 4.69) is 15.5 Å². The van der Waals surface area contributed by atoms with E-state index >= 15 is 0 Å². The molecule has 0 aliphatic rings. The third kappa shape index (κ3) is 3.20. The Bertz CT molecular complexity index is 562. The van der Waals surface area contributed by atoms with Gasteiger partial charge in [0.2, 0.25) is 5.91 Å². The number of nitrogens with zero attached hydrogens (tertiary/aromatic N) is 1. The van der Waals surface area contributed by atoms with Crippen LogP contribution < -0.4 is 11.1 Å². The van der Waals surface area contributed by atoms with Crippen LogP contribution in [0.15, 0.2) is 30.3 Å². The average molecular weight is 258 g/mol. The predicted molar refractivity (Wildman–Crippen MR) is 74.8 cm³/mol. The molecule has 2 rings (SSSR count). The van der Waals surface area contributed by atoms with Crippen molar-refractivity contribution in [3.63, 3.8) is 0 Å². The highest BCUT2D eigenvalue weighted by Crippen LogP contribution is 2.14. The summed E-state index contributed by atoms with van der Waals surface area (Å²) in [7, 11) is 0. The number of rotatable bonds is 4. The number of nitrogens with one attached hydrogen (secondary N) is 2. The van der Waals surface area contributed by atoms with Gasteiger partial charge in [0.05, 0.1) is 6.04 Å². The zero-order chi connectivity index (χ0) is 13.8. The Balaban J connectivity index is 1.98. The number of aryl methyl sites for hydroxylation is 1. The summed E-state index contributed by atoms with van der Waals surface area (Å²) in [4.78, 5) is 12.0. The van der Waals surface area contributed by atoms with Gasteiger partial charge in [-0.05, 0) is 25.8 Å². The highest BCUT2D eigenvalue weighted by Gasteiger charge is 2.16. The van der Waals surface area contributed by atoms with Crippen molar-refractivity contribution in [1.82, 2.24) is 10.2 Å². The third-order valence-electron chi connectivity index (χ3n) is 3.13. The van der Waals surface area contributed by atoms with Crippen LogP contribution in [0, 0.1) is 13.8 Å². The molecule has 100 valence electrons. The van der Waals surface area contributed by atoms with Crippen molar-refractivity contribution < 1.29 is 4.79 Å². The van der Waals surface area contributed by atoms with E-state index in [4.69, 9.17) is 5.73 Å². The van der Waals surface area contributed by atoms with Crippen molar-refractivity contribution in [2.24, 2.45) is 5.73 Å². The minimum Gasteiger partial charge on any atom is -0.320 e. The molecule has 0 radical (unpaired) electrons.